The van der Waals surface area contributed by atoms with Crippen LogP contribution in [-0.4, -0.2) is 29.1 Å². The van der Waals surface area contributed by atoms with E-state index in [9.17, 15) is 4.79 Å². The molecule has 1 aromatic heterocycles. The van der Waals surface area contributed by atoms with Crippen LogP contribution in [0.15, 0.2) is 65.9 Å². The molecule has 0 bridgehead atoms. The average Bonchev–Trinajstić information content (AvgIpc) is 3.06. The highest BCUT2D eigenvalue weighted by Gasteiger charge is 2.11. The zero-order chi connectivity index (χ0) is 17.6. The number of methoxy groups -OCH3 is 1. The number of ether oxygens (including phenoxy) is 1. The normalized spacial score (nSPS) is 10.8. The van der Waals surface area contributed by atoms with Crippen LogP contribution in [-0.2, 0) is 0 Å². The summed E-state index contributed by atoms with van der Waals surface area (Å²) in [5.41, 5.74) is 10.5. The first kappa shape index (κ1) is 16.3. The number of carbonyl (C=O) groups excluding carboxylic acids is 1. The van der Waals surface area contributed by atoms with E-state index in [0.717, 1.165) is 28.3 Å². The van der Waals surface area contributed by atoms with Gasteiger partial charge in [-0.25, -0.2) is 14.9 Å². The summed E-state index contributed by atoms with van der Waals surface area (Å²) in [6.45, 7) is 0. The summed E-state index contributed by atoms with van der Waals surface area (Å²) in [7, 11) is 1.62. The Morgan fingerprint density at radius 3 is 2.56 bits per heavy atom. The SMILES string of the molecule is COc1ccc(-c2nn(-c3ccccc3)cc2C=NNC(N)=O)cc1. The number of rotatable bonds is 5. The fourth-order valence-electron chi connectivity index (χ4n) is 2.33. The summed E-state index contributed by atoms with van der Waals surface area (Å²) >= 11 is 0. The molecule has 2 amide bonds. The quantitative estimate of drug-likeness (QED) is 0.554. The number of hydrogen-bond donors (Lipinski definition) is 2. The highest BCUT2D eigenvalue weighted by molar-refractivity contribution is 5.89. The zero-order valence-electron chi connectivity index (χ0n) is 13.6. The predicted molar refractivity (Wildman–Crippen MR) is 95.9 cm³/mol. The molecule has 2 aromatic carbocycles. The Morgan fingerprint density at radius 1 is 1.20 bits per heavy atom. The molecule has 7 nitrogen and oxygen atoms in total. The van der Waals surface area contributed by atoms with Gasteiger partial charge in [0.15, 0.2) is 0 Å². The van der Waals surface area contributed by atoms with Crippen LogP contribution in [0.4, 0.5) is 4.79 Å². The lowest BCUT2D eigenvalue weighted by Gasteiger charge is -2.02. The van der Waals surface area contributed by atoms with E-state index in [0.29, 0.717) is 0 Å². The third-order valence-corrected chi connectivity index (χ3v) is 3.51. The lowest BCUT2D eigenvalue weighted by molar-refractivity contribution is 0.249. The largest absolute Gasteiger partial charge is 0.497 e. The van der Waals surface area contributed by atoms with Gasteiger partial charge in [0.25, 0.3) is 0 Å². The minimum Gasteiger partial charge on any atom is -0.497 e. The van der Waals surface area contributed by atoms with E-state index in [1.807, 2.05) is 60.8 Å². The number of nitrogens with one attached hydrogen (secondary N) is 1. The second kappa shape index (κ2) is 7.31. The number of urea groups is 1. The lowest BCUT2D eigenvalue weighted by Crippen LogP contribution is -2.24. The monoisotopic (exact) mass is 335 g/mol. The summed E-state index contributed by atoms with van der Waals surface area (Å²) in [5, 5.41) is 8.49. The van der Waals surface area contributed by atoms with Gasteiger partial charge in [-0.15, -0.1) is 0 Å². The van der Waals surface area contributed by atoms with Crippen molar-refractivity contribution in [1.82, 2.24) is 15.2 Å². The Bertz CT molecular complexity index is 886. The third-order valence-electron chi connectivity index (χ3n) is 3.51. The first-order chi connectivity index (χ1) is 12.2. The van der Waals surface area contributed by atoms with Crippen molar-refractivity contribution >= 4 is 12.2 Å². The standard InChI is InChI=1S/C18H17N5O2/c1-25-16-9-7-13(8-10-16)17-14(11-20-21-18(19)24)12-23(22-17)15-5-3-2-4-6-15/h2-12H,1H3,(H3,19,21,24). The van der Waals surface area contributed by atoms with Gasteiger partial charge in [-0.1, -0.05) is 18.2 Å². The molecule has 0 radical (unpaired) electrons. The molecule has 3 N–H and O–H groups in total. The van der Waals surface area contributed by atoms with Crippen LogP contribution >= 0.6 is 0 Å². The van der Waals surface area contributed by atoms with E-state index in [2.05, 4.69) is 15.6 Å². The van der Waals surface area contributed by atoms with E-state index in [1.54, 1.807) is 11.8 Å². The van der Waals surface area contributed by atoms with E-state index in [1.165, 1.54) is 6.21 Å². The van der Waals surface area contributed by atoms with Crippen LogP contribution in [0.2, 0.25) is 0 Å². The number of aromatic nitrogens is 2. The Kier molecular flexibility index (Phi) is 4.75. The number of amides is 2. The molecule has 3 aromatic rings. The summed E-state index contributed by atoms with van der Waals surface area (Å²) in [4.78, 5) is 10.8. The third kappa shape index (κ3) is 3.84. The number of para-hydroxylation sites is 1. The number of nitrogens with zero attached hydrogens (tertiary/aromatic N) is 3. The molecule has 25 heavy (non-hydrogen) atoms. The van der Waals surface area contributed by atoms with E-state index >= 15 is 0 Å². The van der Waals surface area contributed by atoms with Crippen molar-refractivity contribution in [2.24, 2.45) is 10.8 Å². The van der Waals surface area contributed by atoms with Crippen molar-refractivity contribution in [3.63, 3.8) is 0 Å². The topological polar surface area (TPSA) is 94.5 Å². The van der Waals surface area contributed by atoms with Crippen LogP contribution in [0.5, 0.6) is 5.75 Å². The maximum Gasteiger partial charge on any atom is 0.332 e. The van der Waals surface area contributed by atoms with Crippen LogP contribution in [0, 0.1) is 0 Å². The van der Waals surface area contributed by atoms with Crippen LogP contribution in [0.3, 0.4) is 0 Å². The van der Waals surface area contributed by atoms with Gasteiger partial charge >= 0.3 is 6.03 Å². The summed E-state index contributed by atoms with van der Waals surface area (Å²) in [6.07, 6.45) is 3.35. The predicted octanol–water partition coefficient (Wildman–Crippen LogP) is 2.55. The molecule has 0 spiro atoms. The molecule has 3 rings (SSSR count). The molecular weight excluding hydrogens is 318 g/mol. The van der Waals surface area contributed by atoms with Crippen molar-refractivity contribution in [2.45, 2.75) is 0 Å². The zero-order valence-corrected chi connectivity index (χ0v) is 13.6. The number of primary amides is 1. The van der Waals surface area contributed by atoms with Crippen molar-refractivity contribution in [1.29, 1.82) is 0 Å². The fraction of sp³-hybridized carbons (Fsp3) is 0.0556. The minimum atomic E-state index is -0.724. The van der Waals surface area contributed by atoms with Gasteiger partial charge in [-0.05, 0) is 36.4 Å². The molecule has 126 valence electrons. The molecule has 0 atom stereocenters. The molecule has 0 unspecified atom stereocenters. The van der Waals surface area contributed by atoms with Crippen LogP contribution < -0.4 is 15.9 Å². The average molecular weight is 335 g/mol. The van der Waals surface area contributed by atoms with E-state index in [4.69, 9.17) is 10.5 Å². The maximum atomic E-state index is 10.8. The van der Waals surface area contributed by atoms with Crippen molar-refractivity contribution in [3.05, 3.63) is 66.4 Å². The van der Waals surface area contributed by atoms with Crippen molar-refractivity contribution in [3.8, 4) is 22.7 Å². The molecule has 1 heterocycles. The number of nitrogens with two attached hydrogens (primary N) is 1. The van der Waals surface area contributed by atoms with Gasteiger partial charge in [0.1, 0.15) is 11.4 Å². The smallest absolute Gasteiger partial charge is 0.332 e. The summed E-state index contributed by atoms with van der Waals surface area (Å²) < 4.78 is 6.94. The van der Waals surface area contributed by atoms with Gasteiger partial charge in [0.05, 0.1) is 19.0 Å². The molecule has 0 aliphatic carbocycles. The van der Waals surface area contributed by atoms with Crippen molar-refractivity contribution < 1.29 is 9.53 Å². The molecule has 0 fully saturated rings. The second-order valence-corrected chi connectivity index (χ2v) is 5.18. The number of benzene rings is 2. The summed E-state index contributed by atoms with van der Waals surface area (Å²) in [6, 6.07) is 16.5. The number of hydrazone groups is 1. The molecule has 0 aliphatic rings. The van der Waals surface area contributed by atoms with E-state index in [-0.39, 0.29) is 0 Å². The van der Waals surface area contributed by atoms with Gasteiger partial charge in [-0.2, -0.15) is 10.2 Å². The van der Waals surface area contributed by atoms with Crippen LogP contribution in [0.1, 0.15) is 5.56 Å². The first-order valence-electron chi connectivity index (χ1n) is 7.55. The molecular formula is C18H17N5O2. The Morgan fingerprint density at radius 2 is 1.92 bits per heavy atom. The van der Waals surface area contributed by atoms with E-state index < -0.39 is 6.03 Å². The highest BCUT2D eigenvalue weighted by atomic mass is 16.5. The van der Waals surface area contributed by atoms with Crippen molar-refractivity contribution in [2.75, 3.05) is 7.11 Å². The Balaban J connectivity index is 2.02. The first-order valence-corrected chi connectivity index (χ1v) is 7.55. The van der Waals surface area contributed by atoms with Gasteiger partial charge < -0.3 is 10.5 Å². The minimum absolute atomic E-state index is 0.724. The number of hydrogen-bond acceptors (Lipinski definition) is 4. The van der Waals surface area contributed by atoms with Crippen LogP contribution in [0.25, 0.3) is 16.9 Å². The highest BCUT2D eigenvalue weighted by Crippen LogP contribution is 2.24. The molecule has 0 saturated heterocycles. The van der Waals surface area contributed by atoms with Gasteiger partial charge in [-0.3, -0.25) is 0 Å². The van der Waals surface area contributed by atoms with Gasteiger partial charge in [0, 0.05) is 17.3 Å². The Labute approximate surface area is 144 Å². The fourth-order valence-corrected chi connectivity index (χ4v) is 2.33. The Hall–Kier alpha value is -3.61. The molecule has 0 aliphatic heterocycles. The lowest BCUT2D eigenvalue weighted by atomic mass is 10.1. The molecule has 0 saturated carbocycles. The maximum absolute atomic E-state index is 10.8. The molecule has 7 heteroatoms. The van der Waals surface area contributed by atoms with Gasteiger partial charge in [0.2, 0.25) is 0 Å². The number of carbonyl (C=O) groups is 1. The summed E-state index contributed by atoms with van der Waals surface area (Å²) in [5.74, 6) is 0.761. The second-order valence-electron chi connectivity index (χ2n) is 5.18.